The number of rotatable bonds is 11. The summed E-state index contributed by atoms with van der Waals surface area (Å²) in [6.45, 7) is 0.410. The van der Waals surface area contributed by atoms with E-state index in [4.69, 9.17) is 9.84 Å². The number of hydrogen-bond donors (Lipinski definition) is 2. The van der Waals surface area contributed by atoms with Crippen LogP contribution in [0.4, 0.5) is 0 Å². The number of carbonyl (C=O) groups is 1. The van der Waals surface area contributed by atoms with Crippen molar-refractivity contribution in [2.75, 3.05) is 6.54 Å². The number of ether oxygens (including phenoxy) is 1. The Kier molecular flexibility index (Phi) is 7.26. The first-order chi connectivity index (χ1) is 13.5. The Hall–Kier alpha value is -1.70. The van der Waals surface area contributed by atoms with Crippen molar-refractivity contribution < 1.29 is 23.1 Å². The van der Waals surface area contributed by atoms with Crippen LogP contribution in [0.25, 0.3) is 0 Å². The van der Waals surface area contributed by atoms with Gasteiger partial charge in [0.2, 0.25) is 10.0 Å². The van der Waals surface area contributed by atoms with E-state index in [1.807, 2.05) is 0 Å². The molecule has 0 saturated carbocycles. The van der Waals surface area contributed by atoms with Gasteiger partial charge in [-0.1, -0.05) is 30.4 Å². The van der Waals surface area contributed by atoms with Gasteiger partial charge in [-0.15, -0.1) is 0 Å². The van der Waals surface area contributed by atoms with Gasteiger partial charge in [0.15, 0.2) is 0 Å². The maximum Gasteiger partial charge on any atom is 0.303 e. The van der Waals surface area contributed by atoms with Gasteiger partial charge in [0.1, 0.15) is 0 Å². The predicted molar refractivity (Wildman–Crippen MR) is 106 cm³/mol. The smallest absolute Gasteiger partial charge is 0.303 e. The summed E-state index contributed by atoms with van der Waals surface area (Å²) >= 11 is 0. The molecule has 2 bridgehead atoms. The zero-order valence-corrected chi connectivity index (χ0v) is 16.8. The van der Waals surface area contributed by atoms with Gasteiger partial charge in [-0.2, -0.15) is 0 Å². The van der Waals surface area contributed by atoms with Crippen molar-refractivity contribution in [3.05, 3.63) is 42.5 Å². The van der Waals surface area contributed by atoms with Gasteiger partial charge in [0.25, 0.3) is 0 Å². The minimum atomic E-state index is -3.47. The maximum absolute atomic E-state index is 12.4. The van der Waals surface area contributed by atoms with Gasteiger partial charge in [0, 0.05) is 13.0 Å². The number of allylic oxidation sites excluding steroid dienone is 2. The summed E-state index contributed by atoms with van der Waals surface area (Å²) in [7, 11) is -3.47. The fourth-order valence-electron chi connectivity index (χ4n) is 4.38. The first-order valence-corrected chi connectivity index (χ1v) is 11.5. The highest BCUT2D eigenvalue weighted by Gasteiger charge is 2.47. The molecule has 154 valence electrons. The van der Waals surface area contributed by atoms with Crippen LogP contribution in [0.5, 0.6) is 0 Å². The minimum absolute atomic E-state index is 0.200. The second-order valence-electron chi connectivity index (χ2n) is 7.61. The summed E-state index contributed by atoms with van der Waals surface area (Å²) in [4.78, 5) is 10.8. The molecule has 0 aromatic heterocycles. The third kappa shape index (κ3) is 5.43. The van der Waals surface area contributed by atoms with Crippen molar-refractivity contribution in [1.29, 1.82) is 0 Å². The quantitative estimate of drug-likeness (QED) is 0.433. The zero-order chi connectivity index (χ0) is 20.0. The van der Waals surface area contributed by atoms with Crippen LogP contribution in [0.2, 0.25) is 0 Å². The van der Waals surface area contributed by atoms with Crippen molar-refractivity contribution >= 4 is 16.0 Å². The molecule has 3 rings (SSSR count). The maximum atomic E-state index is 12.4. The Labute approximate surface area is 167 Å². The Morgan fingerprint density at radius 3 is 2.57 bits per heavy atom. The fourth-order valence-corrected chi connectivity index (χ4v) is 5.45. The SMILES string of the molecule is O=C(O)CCC/C=C\C[C@@H]1[C@H](CCNS(=O)(=O)c2ccccc2)[C@@H]2CC[C@H]1O2. The molecule has 6 nitrogen and oxygen atoms in total. The highest BCUT2D eigenvalue weighted by atomic mass is 32.2. The Balaban J connectivity index is 1.48. The Morgan fingerprint density at radius 1 is 1.14 bits per heavy atom. The van der Waals surface area contributed by atoms with Crippen LogP contribution in [0.1, 0.15) is 44.9 Å². The van der Waals surface area contributed by atoms with Crippen molar-refractivity contribution in [3.8, 4) is 0 Å². The third-order valence-electron chi connectivity index (χ3n) is 5.75. The largest absolute Gasteiger partial charge is 0.481 e. The Bertz CT molecular complexity index is 777. The van der Waals surface area contributed by atoms with E-state index in [2.05, 4.69) is 16.9 Å². The van der Waals surface area contributed by atoms with Gasteiger partial charge in [0.05, 0.1) is 17.1 Å². The highest BCUT2D eigenvalue weighted by molar-refractivity contribution is 7.89. The monoisotopic (exact) mass is 407 g/mol. The molecule has 0 radical (unpaired) electrons. The lowest BCUT2D eigenvalue weighted by atomic mass is 9.76. The van der Waals surface area contributed by atoms with Crippen LogP contribution < -0.4 is 4.72 Å². The molecule has 2 saturated heterocycles. The number of aliphatic carboxylic acids is 1. The standard InChI is InChI=1S/C21H29NO5S/c23-21(24)11-7-2-1-6-10-17-18(20-13-12-19(17)27-20)14-15-22-28(25,26)16-8-4-3-5-9-16/h1,3-6,8-9,17-20,22H,2,7,10-15H2,(H,23,24)/b6-1-/t17-,18+,19-,20+/m1/s1. The number of nitrogens with one attached hydrogen (secondary N) is 1. The first kappa shape index (κ1) is 21.0. The molecule has 0 unspecified atom stereocenters. The summed E-state index contributed by atoms with van der Waals surface area (Å²) < 4.78 is 33.6. The molecule has 1 aromatic rings. The van der Waals surface area contributed by atoms with Crippen LogP contribution in [0.15, 0.2) is 47.4 Å². The average molecular weight is 408 g/mol. The number of carboxylic acids is 1. The second kappa shape index (κ2) is 9.67. The highest BCUT2D eigenvalue weighted by Crippen LogP contribution is 2.46. The van der Waals surface area contributed by atoms with Crippen LogP contribution in [-0.2, 0) is 19.6 Å². The first-order valence-electron chi connectivity index (χ1n) is 10.0. The molecule has 4 atom stereocenters. The van der Waals surface area contributed by atoms with Gasteiger partial charge in [-0.3, -0.25) is 4.79 Å². The van der Waals surface area contributed by atoms with Crippen molar-refractivity contribution in [1.82, 2.24) is 4.72 Å². The molecular weight excluding hydrogens is 378 g/mol. The number of hydrogen-bond acceptors (Lipinski definition) is 4. The summed E-state index contributed by atoms with van der Waals surface area (Å²) in [5.41, 5.74) is 0. The normalized spacial score (nSPS) is 26.9. The molecule has 2 aliphatic heterocycles. The van der Waals surface area contributed by atoms with Gasteiger partial charge >= 0.3 is 5.97 Å². The van der Waals surface area contributed by atoms with E-state index >= 15 is 0 Å². The van der Waals surface area contributed by atoms with Crippen LogP contribution in [0, 0.1) is 11.8 Å². The van der Waals surface area contributed by atoms with E-state index in [1.54, 1.807) is 30.3 Å². The van der Waals surface area contributed by atoms with E-state index < -0.39 is 16.0 Å². The van der Waals surface area contributed by atoms with Crippen LogP contribution in [-0.4, -0.2) is 38.2 Å². The summed E-state index contributed by atoms with van der Waals surface area (Å²) in [5.74, 6) is 0.0181. The summed E-state index contributed by atoms with van der Waals surface area (Å²) in [6, 6.07) is 8.43. The van der Waals surface area contributed by atoms with Gasteiger partial charge < -0.3 is 9.84 Å². The molecule has 2 aliphatic rings. The van der Waals surface area contributed by atoms with E-state index in [-0.39, 0.29) is 18.6 Å². The van der Waals surface area contributed by atoms with E-state index in [1.165, 1.54) is 0 Å². The molecule has 28 heavy (non-hydrogen) atoms. The molecule has 0 aliphatic carbocycles. The lowest BCUT2D eigenvalue weighted by molar-refractivity contribution is -0.137. The molecule has 2 N–H and O–H groups in total. The lowest BCUT2D eigenvalue weighted by Crippen LogP contribution is -2.32. The molecule has 7 heteroatoms. The molecule has 2 heterocycles. The summed E-state index contributed by atoms with van der Waals surface area (Å²) in [5, 5.41) is 8.67. The van der Waals surface area contributed by atoms with Crippen LogP contribution in [0.3, 0.4) is 0 Å². The fraction of sp³-hybridized carbons (Fsp3) is 0.571. The third-order valence-corrected chi connectivity index (χ3v) is 7.23. The predicted octanol–water partition coefficient (Wildman–Crippen LogP) is 3.35. The van der Waals surface area contributed by atoms with Crippen molar-refractivity contribution in [3.63, 3.8) is 0 Å². The average Bonchev–Trinajstić information content (AvgIpc) is 3.27. The second-order valence-corrected chi connectivity index (χ2v) is 9.38. The number of unbranched alkanes of at least 4 members (excludes halogenated alkanes) is 1. The van der Waals surface area contributed by atoms with Gasteiger partial charge in [-0.25, -0.2) is 13.1 Å². The van der Waals surface area contributed by atoms with E-state index in [0.717, 1.165) is 32.1 Å². The molecule has 0 amide bonds. The molecule has 0 spiro atoms. The van der Waals surface area contributed by atoms with E-state index in [9.17, 15) is 13.2 Å². The van der Waals surface area contributed by atoms with Crippen molar-refractivity contribution in [2.45, 2.75) is 62.0 Å². The number of benzene rings is 1. The minimum Gasteiger partial charge on any atom is -0.481 e. The summed E-state index contributed by atoms with van der Waals surface area (Å²) in [6.07, 6.45) is 10.1. The van der Waals surface area contributed by atoms with E-state index in [0.29, 0.717) is 29.7 Å². The van der Waals surface area contributed by atoms with Crippen molar-refractivity contribution in [2.24, 2.45) is 11.8 Å². The lowest BCUT2D eigenvalue weighted by Gasteiger charge is -2.27. The van der Waals surface area contributed by atoms with Gasteiger partial charge in [-0.05, 0) is 62.5 Å². The number of fused-ring (bicyclic) bond motifs is 2. The van der Waals surface area contributed by atoms with Crippen LogP contribution >= 0.6 is 0 Å². The molecule has 1 aromatic carbocycles. The zero-order valence-electron chi connectivity index (χ0n) is 16.0. The molecule has 2 fully saturated rings. The number of sulfonamides is 1. The number of carboxylic acid groups (broad SMARTS) is 1. The Morgan fingerprint density at radius 2 is 1.86 bits per heavy atom. The topological polar surface area (TPSA) is 92.7 Å². The molecular formula is C21H29NO5S.